The lowest BCUT2D eigenvalue weighted by molar-refractivity contribution is -0.141. The quantitative estimate of drug-likeness (QED) is 0.293. The highest BCUT2D eigenvalue weighted by molar-refractivity contribution is 7.17. The SMILES string of the molecule is COC(=O)Cn1c(-c2ccc(O[C@@H]3CO[C@H]4[C@@H]3OC[C@H]4O)cc2)ncc(NC(=O)c2cnc(-c3ccccc3)s2)c1=O. The number of methoxy groups -OCH3 is 1. The summed E-state index contributed by atoms with van der Waals surface area (Å²) in [6.07, 6.45) is 0.881. The zero-order valence-corrected chi connectivity index (χ0v) is 23.2. The Morgan fingerprint density at radius 1 is 1.02 bits per heavy atom. The molecule has 4 heterocycles. The first-order valence-corrected chi connectivity index (χ1v) is 13.9. The number of aliphatic hydroxyl groups is 1. The third-order valence-electron chi connectivity index (χ3n) is 6.94. The zero-order valence-electron chi connectivity index (χ0n) is 22.3. The van der Waals surface area contributed by atoms with Crippen LogP contribution in [-0.4, -0.2) is 76.3 Å². The van der Waals surface area contributed by atoms with Crippen molar-refractivity contribution in [3.8, 4) is 27.7 Å². The molecule has 0 spiro atoms. The molecule has 13 heteroatoms. The number of hydrogen-bond acceptors (Lipinski definition) is 11. The Labute approximate surface area is 243 Å². The fraction of sp³-hybridized carbons (Fsp3) is 0.276. The number of nitrogens with one attached hydrogen (secondary N) is 1. The van der Waals surface area contributed by atoms with Crippen LogP contribution in [0.1, 0.15) is 9.67 Å². The molecule has 12 nitrogen and oxygen atoms in total. The molecule has 216 valence electrons. The Kier molecular flexibility index (Phi) is 7.80. The molecule has 0 aliphatic carbocycles. The monoisotopic (exact) mass is 590 g/mol. The summed E-state index contributed by atoms with van der Waals surface area (Å²) >= 11 is 1.19. The van der Waals surface area contributed by atoms with Gasteiger partial charge in [-0.15, -0.1) is 11.3 Å². The molecular formula is C29H26N4O8S. The Morgan fingerprint density at radius 3 is 2.55 bits per heavy atom. The van der Waals surface area contributed by atoms with E-state index in [9.17, 15) is 19.5 Å². The van der Waals surface area contributed by atoms with E-state index in [1.807, 2.05) is 30.3 Å². The number of benzene rings is 2. The second-order valence-corrected chi connectivity index (χ2v) is 10.7. The first-order valence-electron chi connectivity index (χ1n) is 13.1. The molecule has 2 saturated heterocycles. The normalized spacial score (nSPS) is 21.1. The summed E-state index contributed by atoms with van der Waals surface area (Å²) in [5.74, 6) is -0.453. The van der Waals surface area contributed by atoms with Crippen LogP contribution in [0.4, 0.5) is 5.69 Å². The third-order valence-corrected chi connectivity index (χ3v) is 7.99. The van der Waals surface area contributed by atoms with Gasteiger partial charge in [-0.2, -0.15) is 0 Å². The van der Waals surface area contributed by atoms with Gasteiger partial charge in [-0.3, -0.25) is 19.0 Å². The topological polar surface area (TPSA) is 151 Å². The van der Waals surface area contributed by atoms with Crippen molar-refractivity contribution in [2.24, 2.45) is 0 Å². The number of fused-ring (bicyclic) bond motifs is 1. The standard InChI is InChI=1S/C29H26N4O8S/c1-38-23(35)13-33-26(16-7-9-18(10-8-16)41-21-15-40-24-20(34)14-39-25(21)24)30-11-19(29(33)37)32-27(36)22-12-31-28(42-22)17-5-3-2-4-6-17/h2-12,20-21,24-25,34H,13-15H2,1H3,(H,32,36)/t20-,21-,24-,25-/m1/s1. The highest BCUT2D eigenvalue weighted by Gasteiger charge is 2.48. The van der Waals surface area contributed by atoms with Gasteiger partial charge in [0.2, 0.25) is 0 Å². The van der Waals surface area contributed by atoms with Gasteiger partial charge in [0, 0.05) is 11.1 Å². The van der Waals surface area contributed by atoms with Gasteiger partial charge >= 0.3 is 5.97 Å². The van der Waals surface area contributed by atoms with Crippen LogP contribution in [-0.2, 0) is 25.5 Å². The van der Waals surface area contributed by atoms with Gasteiger partial charge in [-0.1, -0.05) is 30.3 Å². The molecule has 2 fully saturated rings. The molecule has 2 aromatic heterocycles. The smallest absolute Gasteiger partial charge is 0.325 e. The first-order chi connectivity index (χ1) is 20.4. The summed E-state index contributed by atoms with van der Waals surface area (Å²) in [7, 11) is 1.22. The molecule has 0 unspecified atom stereocenters. The largest absolute Gasteiger partial charge is 0.485 e. The van der Waals surface area contributed by atoms with Crippen molar-refractivity contribution in [1.82, 2.24) is 14.5 Å². The lowest BCUT2D eigenvalue weighted by atomic mass is 10.1. The molecule has 0 radical (unpaired) electrons. The van der Waals surface area contributed by atoms with E-state index < -0.39 is 36.2 Å². The van der Waals surface area contributed by atoms with Crippen LogP contribution in [0.3, 0.4) is 0 Å². The van der Waals surface area contributed by atoms with E-state index in [4.69, 9.17) is 18.9 Å². The minimum Gasteiger partial charge on any atom is -0.485 e. The lowest BCUT2D eigenvalue weighted by Gasteiger charge is -2.18. The molecule has 42 heavy (non-hydrogen) atoms. The second-order valence-electron chi connectivity index (χ2n) is 9.66. The first kappa shape index (κ1) is 27.7. The number of amides is 1. The number of aromatic nitrogens is 3. The van der Waals surface area contributed by atoms with Crippen molar-refractivity contribution < 1.29 is 33.6 Å². The third kappa shape index (κ3) is 5.54. The van der Waals surface area contributed by atoms with Gasteiger partial charge in [0.1, 0.15) is 52.0 Å². The molecule has 4 aromatic rings. The van der Waals surface area contributed by atoms with Gasteiger partial charge in [0.05, 0.1) is 32.7 Å². The van der Waals surface area contributed by atoms with Crippen molar-refractivity contribution >= 4 is 28.9 Å². The molecule has 0 saturated carbocycles. The molecular weight excluding hydrogens is 564 g/mol. The molecule has 1 amide bonds. The van der Waals surface area contributed by atoms with E-state index in [-0.39, 0.29) is 36.9 Å². The van der Waals surface area contributed by atoms with E-state index in [0.717, 1.165) is 10.1 Å². The number of aliphatic hydroxyl groups excluding tert-OH is 1. The predicted molar refractivity (Wildman–Crippen MR) is 151 cm³/mol. The van der Waals surface area contributed by atoms with Crippen molar-refractivity contribution in [1.29, 1.82) is 0 Å². The Bertz CT molecular complexity index is 1660. The van der Waals surface area contributed by atoms with Crippen LogP contribution in [0.25, 0.3) is 22.0 Å². The Balaban J connectivity index is 1.22. The minimum absolute atomic E-state index is 0.100. The number of anilines is 1. The fourth-order valence-corrected chi connectivity index (χ4v) is 5.64. The maximum Gasteiger partial charge on any atom is 0.325 e. The number of esters is 1. The number of thiazole rings is 1. The van der Waals surface area contributed by atoms with E-state index in [1.165, 1.54) is 30.8 Å². The highest BCUT2D eigenvalue weighted by Crippen LogP contribution is 2.31. The van der Waals surface area contributed by atoms with Crippen molar-refractivity contribution in [2.45, 2.75) is 31.0 Å². The molecule has 6 rings (SSSR count). The number of rotatable bonds is 8. The summed E-state index contributed by atoms with van der Waals surface area (Å²) in [5.41, 5.74) is 0.676. The molecule has 2 aliphatic rings. The lowest BCUT2D eigenvalue weighted by Crippen LogP contribution is -2.34. The minimum atomic E-state index is -0.676. The number of hydrogen-bond donors (Lipinski definition) is 2. The number of ether oxygens (including phenoxy) is 4. The zero-order chi connectivity index (χ0) is 29.2. The van der Waals surface area contributed by atoms with Gasteiger partial charge in [-0.05, 0) is 24.3 Å². The molecule has 0 bridgehead atoms. The van der Waals surface area contributed by atoms with Gasteiger partial charge in [0.25, 0.3) is 11.5 Å². The van der Waals surface area contributed by atoms with E-state index in [2.05, 4.69) is 15.3 Å². The average molecular weight is 591 g/mol. The van der Waals surface area contributed by atoms with E-state index in [1.54, 1.807) is 24.3 Å². The van der Waals surface area contributed by atoms with Gasteiger partial charge in [0.15, 0.2) is 6.10 Å². The maximum atomic E-state index is 13.5. The van der Waals surface area contributed by atoms with Crippen molar-refractivity contribution in [3.63, 3.8) is 0 Å². The van der Waals surface area contributed by atoms with E-state index >= 15 is 0 Å². The summed E-state index contributed by atoms with van der Waals surface area (Å²) in [5, 5.41) is 13.2. The molecule has 2 aliphatic heterocycles. The summed E-state index contributed by atoms with van der Waals surface area (Å²) in [6.45, 7) is 0.0735. The highest BCUT2D eigenvalue weighted by atomic mass is 32.1. The summed E-state index contributed by atoms with van der Waals surface area (Å²) < 4.78 is 23.2. The fourth-order valence-electron chi connectivity index (χ4n) is 4.83. The van der Waals surface area contributed by atoms with Crippen LogP contribution in [0, 0.1) is 0 Å². The van der Waals surface area contributed by atoms with Crippen LogP contribution in [0.15, 0.2) is 71.8 Å². The average Bonchev–Trinajstić information content (AvgIpc) is 3.75. The van der Waals surface area contributed by atoms with E-state index in [0.29, 0.717) is 21.2 Å². The number of carbonyl (C=O) groups is 2. The van der Waals surface area contributed by atoms with Crippen molar-refractivity contribution in [3.05, 3.63) is 82.2 Å². The number of carbonyl (C=O) groups excluding carboxylic acids is 2. The predicted octanol–water partition coefficient (Wildman–Crippen LogP) is 2.36. The number of nitrogens with zero attached hydrogens (tertiary/aromatic N) is 3. The van der Waals surface area contributed by atoms with Gasteiger partial charge in [-0.25, -0.2) is 9.97 Å². The maximum absolute atomic E-state index is 13.5. The molecule has 2 N–H and O–H groups in total. The van der Waals surface area contributed by atoms with Crippen LogP contribution in [0.5, 0.6) is 5.75 Å². The Hall–Kier alpha value is -4.43. The van der Waals surface area contributed by atoms with Crippen LogP contribution in [0.2, 0.25) is 0 Å². The summed E-state index contributed by atoms with van der Waals surface area (Å²) in [6, 6.07) is 16.2. The van der Waals surface area contributed by atoms with Crippen LogP contribution < -0.4 is 15.6 Å². The molecule has 2 aromatic carbocycles. The Morgan fingerprint density at radius 2 is 1.79 bits per heavy atom. The second kappa shape index (κ2) is 11.8. The van der Waals surface area contributed by atoms with Crippen LogP contribution >= 0.6 is 11.3 Å². The molecule has 4 atom stereocenters. The van der Waals surface area contributed by atoms with Crippen molar-refractivity contribution in [2.75, 3.05) is 25.6 Å². The summed E-state index contributed by atoms with van der Waals surface area (Å²) in [4.78, 5) is 47.7. The van der Waals surface area contributed by atoms with Gasteiger partial charge < -0.3 is 29.4 Å².